The van der Waals surface area contributed by atoms with Crippen molar-refractivity contribution in [2.45, 2.75) is 32.5 Å². The van der Waals surface area contributed by atoms with Gasteiger partial charge in [-0.2, -0.15) is 13.2 Å². The van der Waals surface area contributed by atoms with E-state index in [0.29, 0.717) is 5.56 Å². The second kappa shape index (κ2) is 4.28. The monoisotopic (exact) mass is 229 g/mol. The molecule has 1 aromatic carbocycles. The van der Waals surface area contributed by atoms with Gasteiger partial charge >= 0.3 is 6.18 Å². The van der Waals surface area contributed by atoms with Gasteiger partial charge in [-0.25, -0.2) is 0 Å². The van der Waals surface area contributed by atoms with Crippen molar-refractivity contribution in [1.82, 2.24) is 0 Å². The summed E-state index contributed by atoms with van der Waals surface area (Å²) in [7, 11) is 0. The summed E-state index contributed by atoms with van der Waals surface area (Å²) in [5.74, 6) is 0. The van der Waals surface area contributed by atoms with Crippen LogP contribution in [0.2, 0.25) is 0 Å². The molecule has 0 heterocycles. The van der Waals surface area contributed by atoms with Gasteiger partial charge in [0.05, 0.1) is 11.1 Å². The minimum atomic E-state index is -4.28. The van der Waals surface area contributed by atoms with Gasteiger partial charge in [0.15, 0.2) is 0 Å². The summed E-state index contributed by atoms with van der Waals surface area (Å²) in [5.41, 5.74) is -0.189. The van der Waals surface area contributed by atoms with E-state index in [-0.39, 0.29) is 5.54 Å². The molecule has 4 heteroatoms. The molecule has 1 aromatic rings. The summed E-state index contributed by atoms with van der Waals surface area (Å²) in [6.45, 7) is 5.77. The van der Waals surface area contributed by atoms with Crippen molar-refractivity contribution >= 4 is 6.21 Å². The smallest absolute Gasteiger partial charge is 0.287 e. The molecule has 0 aliphatic carbocycles. The van der Waals surface area contributed by atoms with E-state index in [0.717, 1.165) is 12.1 Å². The molecule has 0 saturated heterocycles. The van der Waals surface area contributed by atoms with E-state index in [1.54, 1.807) is 6.21 Å². The molecule has 1 rings (SSSR count). The minimum Gasteiger partial charge on any atom is -0.287 e. The molecule has 0 spiro atoms. The molecule has 88 valence electrons. The number of aliphatic imine (C=N–C) groups is 1. The number of hydrogen-bond acceptors (Lipinski definition) is 1. The zero-order valence-corrected chi connectivity index (χ0v) is 9.47. The molecule has 0 amide bonds. The molecule has 0 radical (unpaired) electrons. The quantitative estimate of drug-likeness (QED) is 0.647. The Labute approximate surface area is 93.0 Å². The van der Waals surface area contributed by atoms with Gasteiger partial charge < -0.3 is 0 Å². The van der Waals surface area contributed by atoms with Gasteiger partial charge in [0.2, 0.25) is 0 Å². The van der Waals surface area contributed by atoms with Gasteiger partial charge in [0.1, 0.15) is 0 Å². The Balaban J connectivity index is 2.85. The SMILES string of the molecule is CC(C)(C)N=Cc1ccc(C(F)(F)F)cc1. The maximum Gasteiger partial charge on any atom is 0.416 e. The Bertz CT molecular complexity index is 369. The molecule has 0 bridgehead atoms. The number of nitrogens with zero attached hydrogens (tertiary/aromatic N) is 1. The molecule has 0 aliphatic heterocycles. The topological polar surface area (TPSA) is 12.4 Å². The highest BCUT2D eigenvalue weighted by Gasteiger charge is 2.29. The number of halogens is 3. The summed E-state index contributed by atoms with van der Waals surface area (Å²) >= 11 is 0. The summed E-state index contributed by atoms with van der Waals surface area (Å²) in [4.78, 5) is 4.21. The van der Waals surface area contributed by atoms with Crippen molar-refractivity contribution in [2.75, 3.05) is 0 Å². The predicted molar refractivity (Wildman–Crippen MR) is 58.8 cm³/mol. The fraction of sp³-hybridized carbons (Fsp3) is 0.417. The fourth-order valence-corrected chi connectivity index (χ4v) is 1.03. The molecule has 0 saturated carbocycles. The first-order valence-electron chi connectivity index (χ1n) is 4.91. The normalized spacial score (nSPS) is 13.4. The van der Waals surface area contributed by atoms with Gasteiger partial charge in [-0.05, 0) is 38.5 Å². The van der Waals surface area contributed by atoms with Gasteiger partial charge in [0.25, 0.3) is 0 Å². The van der Waals surface area contributed by atoms with Crippen molar-refractivity contribution in [3.8, 4) is 0 Å². The third kappa shape index (κ3) is 4.04. The lowest BCUT2D eigenvalue weighted by Gasteiger charge is -2.11. The van der Waals surface area contributed by atoms with Crippen molar-refractivity contribution in [3.63, 3.8) is 0 Å². The average Bonchev–Trinajstić information content (AvgIpc) is 2.13. The standard InChI is InChI=1S/C12H14F3N/c1-11(2,3)16-8-9-4-6-10(7-5-9)12(13,14)15/h4-8H,1-3H3. The molecular weight excluding hydrogens is 215 g/mol. The zero-order valence-electron chi connectivity index (χ0n) is 9.47. The summed E-state index contributed by atoms with van der Waals surface area (Å²) in [5, 5.41) is 0. The zero-order chi connectivity index (χ0) is 12.4. The average molecular weight is 229 g/mol. The van der Waals surface area contributed by atoms with Crippen LogP contribution in [0.1, 0.15) is 31.9 Å². The maximum absolute atomic E-state index is 12.3. The van der Waals surface area contributed by atoms with Crippen LogP contribution < -0.4 is 0 Å². The van der Waals surface area contributed by atoms with Crippen LogP contribution in [0.15, 0.2) is 29.3 Å². The first-order chi connectivity index (χ1) is 7.18. The number of rotatable bonds is 1. The van der Waals surface area contributed by atoms with E-state index >= 15 is 0 Å². The lowest BCUT2D eigenvalue weighted by Crippen LogP contribution is -2.09. The Morgan fingerprint density at radius 3 is 1.88 bits per heavy atom. The highest BCUT2D eigenvalue weighted by atomic mass is 19.4. The molecular formula is C12H14F3N. The maximum atomic E-state index is 12.3. The number of hydrogen-bond donors (Lipinski definition) is 0. The lowest BCUT2D eigenvalue weighted by atomic mass is 10.1. The van der Waals surface area contributed by atoms with E-state index in [1.165, 1.54) is 12.1 Å². The van der Waals surface area contributed by atoms with Crippen LogP contribution in [0.3, 0.4) is 0 Å². The first kappa shape index (κ1) is 12.7. The van der Waals surface area contributed by atoms with Crippen LogP contribution in [-0.2, 0) is 6.18 Å². The predicted octanol–water partition coefficient (Wildman–Crippen LogP) is 3.92. The third-order valence-electron chi connectivity index (χ3n) is 1.84. The molecule has 0 aromatic heterocycles. The van der Waals surface area contributed by atoms with Crippen LogP contribution >= 0.6 is 0 Å². The molecule has 0 N–H and O–H groups in total. The van der Waals surface area contributed by atoms with Crippen molar-refractivity contribution in [1.29, 1.82) is 0 Å². The molecule has 1 nitrogen and oxygen atoms in total. The molecule has 16 heavy (non-hydrogen) atoms. The van der Waals surface area contributed by atoms with Crippen molar-refractivity contribution < 1.29 is 13.2 Å². The van der Waals surface area contributed by atoms with Crippen LogP contribution in [0, 0.1) is 0 Å². The van der Waals surface area contributed by atoms with Crippen LogP contribution in [-0.4, -0.2) is 11.8 Å². The summed E-state index contributed by atoms with van der Waals surface area (Å²) in [6.07, 6.45) is -2.69. The highest BCUT2D eigenvalue weighted by Crippen LogP contribution is 2.28. The Kier molecular flexibility index (Phi) is 3.41. The Morgan fingerprint density at radius 1 is 1.00 bits per heavy atom. The molecule has 0 aliphatic rings. The van der Waals surface area contributed by atoms with Crippen molar-refractivity contribution in [3.05, 3.63) is 35.4 Å². The number of benzene rings is 1. The Hall–Kier alpha value is -1.32. The van der Waals surface area contributed by atoms with E-state index < -0.39 is 11.7 Å². The minimum absolute atomic E-state index is 0.220. The van der Waals surface area contributed by atoms with Gasteiger partial charge in [-0.1, -0.05) is 12.1 Å². The number of alkyl halides is 3. The van der Waals surface area contributed by atoms with E-state index in [2.05, 4.69) is 4.99 Å². The van der Waals surface area contributed by atoms with Gasteiger partial charge in [-0.15, -0.1) is 0 Å². The molecule has 0 unspecified atom stereocenters. The highest BCUT2D eigenvalue weighted by molar-refractivity contribution is 5.79. The first-order valence-corrected chi connectivity index (χ1v) is 4.91. The molecule has 0 fully saturated rings. The van der Waals surface area contributed by atoms with Crippen LogP contribution in [0.4, 0.5) is 13.2 Å². The van der Waals surface area contributed by atoms with E-state index in [4.69, 9.17) is 0 Å². The third-order valence-corrected chi connectivity index (χ3v) is 1.84. The largest absolute Gasteiger partial charge is 0.416 e. The van der Waals surface area contributed by atoms with Gasteiger partial charge in [0, 0.05) is 6.21 Å². The van der Waals surface area contributed by atoms with E-state index in [1.807, 2.05) is 20.8 Å². The Morgan fingerprint density at radius 2 is 1.50 bits per heavy atom. The second-order valence-electron chi connectivity index (χ2n) is 4.55. The summed E-state index contributed by atoms with van der Waals surface area (Å²) in [6, 6.07) is 4.95. The molecule has 0 atom stereocenters. The second-order valence-corrected chi connectivity index (χ2v) is 4.55. The fourth-order valence-electron chi connectivity index (χ4n) is 1.03. The summed E-state index contributed by atoms with van der Waals surface area (Å²) < 4.78 is 36.8. The van der Waals surface area contributed by atoms with Crippen molar-refractivity contribution in [2.24, 2.45) is 4.99 Å². The van der Waals surface area contributed by atoms with E-state index in [9.17, 15) is 13.2 Å². The van der Waals surface area contributed by atoms with Gasteiger partial charge in [-0.3, -0.25) is 4.99 Å². The van der Waals surface area contributed by atoms with Crippen LogP contribution in [0.5, 0.6) is 0 Å². The lowest BCUT2D eigenvalue weighted by molar-refractivity contribution is -0.137. The van der Waals surface area contributed by atoms with Crippen LogP contribution in [0.25, 0.3) is 0 Å².